The summed E-state index contributed by atoms with van der Waals surface area (Å²) >= 11 is 0. The highest BCUT2D eigenvalue weighted by molar-refractivity contribution is 7.47. The number of aliphatic hydroxyl groups excluding tert-OH is 2. The number of likely N-dealkylation sites (N-methyl/N-ethyl adjacent to an activating group) is 1. The van der Waals surface area contributed by atoms with Crippen molar-refractivity contribution in [3.8, 4) is 0 Å². The van der Waals surface area contributed by atoms with E-state index in [-0.39, 0.29) is 26.1 Å². The van der Waals surface area contributed by atoms with Crippen molar-refractivity contribution in [2.45, 2.75) is 186 Å². The molecule has 0 saturated carbocycles. The van der Waals surface area contributed by atoms with Crippen LogP contribution in [0.4, 0.5) is 0 Å². The van der Waals surface area contributed by atoms with Crippen LogP contribution in [-0.4, -0.2) is 97.3 Å². The number of allylic oxidation sites excluding steroid dienone is 8. The van der Waals surface area contributed by atoms with Crippen molar-refractivity contribution >= 4 is 19.8 Å². The molecule has 1 unspecified atom stereocenters. The van der Waals surface area contributed by atoms with Crippen LogP contribution in [0.5, 0.6) is 0 Å². The van der Waals surface area contributed by atoms with Crippen LogP contribution in [0, 0.1) is 0 Å². The Morgan fingerprint density at radius 1 is 0.600 bits per heavy atom. The molecule has 4 atom stereocenters. The quantitative estimate of drug-likeness (QED) is 0.0135. The normalized spacial score (nSPS) is 15.1. The highest BCUT2D eigenvalue weighted by Gasteiger charge is 2.27. The molecule has 0 fully saturated rings. The lowest BCUT2D eigenvalue weighted by Gasteiger charge is -2.24. The van der Waals surface area contributed by atoms with Gasteiger partial charge in [-0.05, 0) is 57.8 Å². The third kappa shape index (κ3) is 42.3. The molecule has 0 radical (unpaired) electrons. The number of phosphoric ester groups is 1. The second-order valence-corrected chi connectivity index (χ2v) is 18.3. The Morgan fingerprint density at radius 2 is 1.10 bits per heavy atom. The first-order valence-electron chi connectivity index (χ1n) is 23.2. The summed E-state index contributed by atoms with van der Waals surface area (Å²) in [6.07, 6.45) is 40.5. The van der Waals surface area contributed by atoms with Crippen LogP contribution < -0.4 is 0 Å². The van der Waals surface area contributed by atoms with Gasteiger partial charge in [-0.1, -0.05) is 158 Å². The third-order valence-electron chi connectivity index (χ3n) is 9.73. The van der Waals surface area contributed by atoms with Crippen LogP contribution in [0.1, 0.15) is 168 Å². The maximum Gasteiger partial charge on any atom is 0.472 e. The predicted octanol–water partition coefficient (Wildman–Crippen LogP) is 11.2. The van der Waals surface area contributed by atoms with Gasteiger partial charge in [0, 0.05) is 12.8 Å². The second-order valence-electron chi connectivity index (χ2n) is 16.8. The Kier molecular flexibility index (Phi) is 37.9. The van der Waals surface area contributed by atoms with Gasteiger partial charge in [-0.15, -0.1) is 0 Å². The Morgan fingerprint density at radius 3 is 1.67 bits per heavy atom. The molecular weight excluding hydrogens is 781 g/mol. The zero-order valence-corrected chi connectivity index (χ0v) is 39.3. The maximum atomic E-state index is 12.7. The number of carbonyl (C=O) groups excluding carboxylic acids is 2. The number of carbonyl (C=O) groups is 2. The molecule has 0 rings (SSSR count). The van der Waals surface area contributed by atoms with Crippen molar-refractivity contribution in [1.82, 2.24) is 0 Å². The molecule has 0 amide bonds. The number of hydrogen-bond acceptors (Lipinski definition) is 9. The maximum absolute atomic E-state index is 12.7. The van der Waals surface area contributed by atoms with Crippen molar-refractivity contribution in [1.29, 1.82) is 0 Å². The number of unbranched alkanes of at least 4 members (excludes halogenated alkanes) is 15. The minimum absolute atomic E-state index is 0.00857. The molecule has 348 valence electrons. The van der Waals surface area contributed by atoms with E-state index in [0.717, 1.165) is 51.4 Å². The minimum Gasteiger partial charge on any atom is -0.462 e. The highest BCUT2D eigenvalue weighted by Crippen LogP contribution is 2.43. The fourth-order valence-electron chi connectivity index (χ4n) is 5.99. The van der Waals surface area contributed by atoms with Crippen molar-refractivity contribution < 1.29 is 52.3 Å². The average Bonchev–Trinajstić information content (AvgIpc) is 3.19. The van der Waals surface area contributed by atoms with Gasteiger partial charge in [0.2, 0.25) is 0 Å². The van der Waals surface area contributed by atoms with Crippen LogP contribution in [0.15, 0.2) is 60.8 Å². The average molecular weight is 869 g/mol. The first-order chi connectivity index (χ1) is 28.8. The molecule has 12 heteroatoms. The summed E-state index contributed by atoms with van der Waals surface area (Å²) in [5, 5.41) is 20.2. The number of ether oxygens (including phenoxy) is 2. The fourth-order valence-corrected chi connectivity index (χ4v) is 6.73. The van der Waals surface area contributed by atoms with E-state index < -0.39 is 44.7 Å². The number of nitrogens with zero attached hydrogens (tertiary/aromatic N) is 1. The molecular formula is C48H87NO10P+. The van der Waals surface area contributed by atoms with Gasteiger partial charge in [0.25, 0.3) is 0 Å². The van der Waals surface area contributed by atoms with E-state index in [1.807, 2.05) is 51.5 Å². The third-order valence-corrected chi connectivity index (χ3v) is 10.7. The lowest BCUT2D eigenvalue weighted by atomic mass is 10.1. The van der Waals surface area contributed by atoms with Gasteiger partial charge in [0.1, 0.15) is 19.8 Å². The van der Waals surface area contributed by atoms with E-state index in [9.17, 15) is 29.3 Å². The summed E-state index contributed by atoms with van der Waals surface area (Å²) < 4.78 is 34.1. The molecule has 0 aliphatic rings. The van der Waals surface area contributed by atoms with Gasteiger partial charge in [0.05, 0.1) is 40.0 Å². The second kappa shape index (κ2) is 39.5. The molecule has 0 aromatic heterocycles. The number of quaternary nitrogens is 1. The van der Waals surface area contributed by atoms with Crippen LogP contribution in [0.2, 0.25) is 0 Å². The number of aliphatic hydroxyl groups is 2. The molecule has 0 saturated heterocycles. The van der Waals surface area contributed by atoms with E-state index >= 15 is 0 Å². The zero-order chi connectivity index (χ0) is 44.6. The first kappa shape index (κ1) is 57.6. The highest BCUT2D eigenvalue weighted by atomic mass is 31.2. The summed E-state index contributed by atoms with van der Waals surface area (Å²) in [5.41, 5.74) is 0. The zero-order valence-electron chi connectivity index (χ0n) is 38.4. The van der Waals surface area contributed by atoms with E-state index in [4.69, 9.17) is 18.5 Å². The lowest BCUT2D eigenvalue weighted by Crippen LogP contribution is -2.37. The summed E-state index contributed by atoms with van der Waals surface area (Å²) in [4.78, 5) is 35.4. The molecule has 0 spiro atoms. The van der Waals surface area contributed by atoms with E-state index in [2.05, 4.69) is 26.0 Å². The minimum atomic E-state index is -4.44. The van der Waals surface area contributed by atoms with E-state index in [0.29, 0.717) is 36.7 Å². The largest absolute Gasteiger partial charge is 0.472 e. The van der Waals surface area contributed by atoms with E-state index in [1.165, 1.54) is 64.2 Å². The monoisotopic (exact) mass is 869 g/mol. The molecule has 0 aliphatic heterocycles. The molecule has 0 aromatic carbocycles. The summed E-state index contributed by atoms with van der Waals surface area (Å²) in [5.74, 6) is -1.03. The molecule has 60 heavy (non-hydrogen) atoms. The Balaban J connectivity index is 4.57. The Bertz CT molecular complexity index is 1240. The predicted molar refractivity (Wildman–Crippen MR) is 245 cm³/mol. The van der Waals surface area contributed by atoms with Gasteiger partial charge in [-0.25, -0.2) is 4.57 Å². The van der Waals surface area contributed by atoms with Gasteiger partial charge in [0.15, 0.2) is 6.10 Å². The van der Waals surface area contributed by atoms with Crippen molar-refractivity contribution in [3.05, 3.63) is 60.8 Å². The SMILES string of the molecule is CCCCCCCC/C=C\CCCCCCCCCC(=O)O[C@H](COC(=O)CCC[C@@H](O)/C=C/C=C\C/C=C\C=C\[C@@H](O)CCCCC)COP(=O)(O)OCC[N+](C)(C)C. The number of phosphoric acid groups is 1. The lowest BCUT2D eigenvalue weighted by molar-refractivity contribution is -0.870. The van der Waals surface area contributed by atoms with Gasteiger partial charge >= 0.3 is 19.8 Å². The topological polar surface area (TPSA) is 149 Å². The van der Waals surface area contributed by atoms with Crippen LogP contribution >= 0.6 is 7.82 Å². The number of hydrogen-bond donors (Lipinski definition) is 3. The van der Waals surface area contributed by atoms with Crippen molar-refractivity contribution in [3.63, 3.8) is 0 Å². The smallest absolute Gasteiger partial charge is 0.462 e. The molecule has 3 N–H and O–H groups in total. The number of esters is 2. The van der Waals surface area contributed by atoms with Crippen molar-refractivity contribution in [2.75, 3.05) is 47.5 Å². The number of rotatable bonds is 41. The van der Waals surface area contributed by atoms with Crippen LogP contribution in [0.3, 0.4) is 0 Å². The van der Waals surface area contributed by atoms with Crippen LogP contribution in [-0.2, 0) is 32.7 Å². The van der Waals surface area contributed by atoms with Gasteiger partial charge in [-0.3, -0.25) is 18.6 Å². The van der Waals surface area contributed by atoms with Crippen LogP contribution in [0.25, 0.3) is 0 Å². The summed E-state index contributed by atoms with van der Waals surface area (Å²) in [6, 6.07) is 0. The summed E-state index contributed by atoms with van der Waals surface area (Å²) in [7, 11) is 1.34. The first-order valence-corrected chi connectivity index (χ1v) is 24.7. The molecule has 0 aliphatic carbocycles. The van der Waals surface area contributed by atoms with Crippen molar-refractivity contribution in [2.24, 2.45) is 0 Å². The Hall–Kier alpha value is -2.37. The standard InChI is InChI=1S/C48H86NO10P/c1-6-8-10-11-12-13-14-15-16-17-18-19-20-21-25-28-32-38-48(53)59-46(43-58-60(54,55)57-41-40-49(3,4)5)42-56-47(52)39-33-37-45(51)36-31-27-24-22-23-26-30-35-44(50)34-29-9-7-2/h15-16,23-24,26-27,30-31,35-36,44-46,50-51H,6-14,17-22,25,28-29,32-34,37-43H2,1-5H3/p+1/b16-15-,26-23-,27-24-,35-30+,36-31+/t44-,45-,46+/m0/s1. The molecule has 0 bridgehead atoms. The van der Waals surface area contributed by atoms with E-state index in [1.54, 1.807) is 18.2 Å². The molecule has 0 aromatic rings. The van der Waals surface area contributed by atoms with Gasteiger partial charge < -0.3 is 29.1 Å². The molecule has 0 heterocycles. The van der Waals surface area contributed by atoms with Gasteiger partial charge in [-0.2, -0.15) is 0 Å². The summed E-state index contributed by atoms with van der Waals surface area (Å²) in [6.45, 7) is 4.04. The fraction of sp³-hybridized carbons (Fsp3) is 0.750. The Labute approximate surface area is 365 Å². The molecule has 11 nitrogen and oxygen atoms in total.